The van der Waals surface area contributed by atoms with Crippen LogP contribution in [0.15, 0.2) is 5.11 Å². The van der Waals surface area contributed by atoms with Gasteiger partial charge in [0.1, 0.15) is 0 Å². The second-order valence-electron chi connectivity index (χ2n) is 1.91. The second-order valence-corrected chi connectivity index (χ2v) is 1.91. The average Bonchev–Trinajstić information content (AvgIpc) is 2.15. The maximum Gasteiger partial charge on any atom is 0.347 e. The van der Waals surface area contributed by atoms with Crippen molar-refractivity contribution in [2.75, 3.05) is 6.61 Å². The van der Waals surface area contributed by atoms with Crippen molar-refractivity contribution in [2.24, 2.45) is 10.8 Å². The molecule has 0 saturated carbocycles. The molecule has 50 valence electrons. The zero-order chi connectivity index (χ0) is 6.91. The molecule has 0 radical (unpaired) electrons. The van der Waals surface area contributed by atoms with Gasteiger partial charge in [0.2, 0.25) is 0 Å². The topological polar surface area (TPSA) is 87.0 Å². The lowest BCUT2D eigenvalue weighted by molar-refractivity contribution is -0.142. The molecule has 0 aromatic rings. The third kappa shape index (κ3) is 0.787. The fraction of sp³-hybridized carbons (Fsp3) is 0.750. The number of cyclic esters (lactones) is 1. The maximum atomic E-state index is 10.5. The van der Waals surface area contributed by atoms with Crippen molar-refractivity contribution < 1.29 is 9.53 Å². The van der Waals surface area contributed by atoms with Crippen LogP contribution in [0, 0.1) is 0 Å². The monoisotopic (exact) mass is 128 g/mol. The summed E-state index contributed by atoms with van der Waals surface area (Å²) in [6, 6.07) is 0. The Morgan fingerprint density at radius 1 is 1.89 bits per heavy atom. The quantitative estimate of drug-likeness (QED) is 0.385. The summed E-state index contributed by atoms with van der Waals surface area (Å²) in [5, 5.41) is 2.70. The molecule has 5 heteroatoms. The van der Waals surface area contributed by atoms with E-state index in [0.29, 0.717) is 0 Å². The van der Waals surface area contributed by atoms with Crippen molar-refractivity contribution in [3.63, 3.8) is 0 Å². The minimum absolute atomic E-state index is 0.236. The lowest BCUT2D eigenvalue weighted by Gasteiger charge is -2.14. The predicted octanol–water partition coefficient (Wildman–Crippen LogP) is -0.390. The van der Waals surface area contributed by atoms with Gasteiger partial charge in [-0.05, 0) is 0 Å². The van der Waals surface area contributed by atoms with E-state index in [9.17, 15) is 4.79 Å². The van der Waals surface area contributed by atoms with Crippen LogP contribution in [-0.4, -0.2) is 18.2 Å². The SMILES string of the molecule is [N-]=NC1(N)CCOC1=O. The van der Waals surface area contributed by atoms with Gasteiger partial charge in [0.05, 0.1) is 6.61 Å². The van der Waals surface area contributed by atoms with E-state index in [0.717, 1.165) is 0 Å². The summed E-state index contributed by atoms with van der Waals surface area (Å²) in [6.07, 6.45) is 0.252. The van der Waals surface area contributed by atoms with Gasteiger partial charge in [-0.1, -0.05) is 0 Å². The molecule has 1 heterocycles. The molecule has 0 aliphatic carbocycles. The van der Waals surface area contributed by atoms with Crippen molar-refractivity contribution in [2.45, 2.75) is 12.1 Å². The fourth-order valence-electron chi connectivity index (χ4n) is 0.617. The zero-order valence-corrected chi connectivity index (χ0v) is 4.70. The first-order chi connectivity index (χ1) is 4.19. The molecule has 1 saturated heterocycles. The Hall–Kier alpha value is -0.970. The maximum absolute atomic E-state index is 10.5. The summed E-state index contributed by atoms with van der Waals surface area (Å²) in [5.41, 5.74) is 11.9. The minimum Gasteiger partial charge on any atom is -0.710 e. The highest BCUT2D eigenvalue weighted by Crippen LogP contribution is 2.17. The Bertz CT molecular complexity index is 158. The zero-order valence-electron chi connectivity index (χ0n) is 4.70. The molecule has 0 aromatic carbocycles. The molecule has 1 atom stereocenters. The van der Waals surface area contributed by atoms with Gasteiger partial charge in [0, 0.05) is 6.42 Å². The van der Waals surface area contributed by atoms with Crippen LogP contribution in [0.1, 0.15) is 6.42 Å². The number of esters is 1. The normalized spacial score (nSPS) is 34.1. The Kier molecular flexibility index (Phi) is 1.21. The van der Waals surface area contributed by atoms with E-state index in [4.69, 9.17) is 11.3 Å². The van der Waals surface area contributed by atoms with Gasteiger partial charge in [0.15, 0.2) is 5.66 Å². The highest BCUT2D eigenvalue weighted by atomic mass is 16.5. The first-order valence-corrected chi connectivity index (χ1v) is 2.51. The first-order valence-electron chi connectivity index (χ1n) is 2.51. The molecule has 9 heavy (non-hydrogen) atoms. The second kappa shape index (κ2) is 1.77. The van der Waals surface area contributed by atoms with E-state index < -0.39 is 11.6 Å². The number of ether oxygens (including phenoxy) is 1. The predicted molar refractivity (Wildman–Crippen MR) is 28.3 cm³/mol. The van der Waals surface area contributed by atoms with E-state index in [-0.39, 0.29) is 13.0 Å². The van der Waals surface area contributed by atoms with Gasteiger partial charge in [-0.25, -0.2) is 4.79 Å². The molecule has 0 amide bonds. The molecule has 5 nitrogen and oxygen atoms in total. The van der Waals surface area contributed by atoms with Crippen molar-refractivity contribution in [3.05, 3.63) is 5.53 Å². The van der Waals surface area contributed by atoms with Crippen molar-refractivity contribution in [3.8, 4) is 0 Å². The highest BCUT2D eigenvalue weighted by Gasteiger charge is 2.37. The van der Waals surface area contributed by atoms with Crippen LogP contribution in [0.3, 0.4) is 0 Å². The summed E-state index contributed by atoms with van der Waals surface area (Å²) < 4.78 is 4.44. The molecular weight excluding hydrogens is 122 g/mol. The fourth-order valence-corrected chi connectivity index (χ4v) is 0.617. The Labute approximate surface area is 51.7 Å². The smallest absolute Gasteiger partial charge is 0.347 e. The number of carbonyl (C=O) groups is 1. The molecular formula is C4H6N3O2-. The summed E-state index contributed by atoms with van der Waals surface area (Å²) >= 11 is 0. The molecule has 0 spiro atoms. The average molecular weight is 128 g/mol. The third-order valence-corrected chi connectivity index (χ3v) is 1.25. The van der Waals surface area contributed by atoms with E-state index in [1.54, 1.807) is 0 Å². The largest absolute Gasteiger partial charge is 0.710 e. The Morgan fingerprint density at radius 2 is 2.56 bits per heavy atom. The molecule has 1 unspecified atom stereocenters. The van der Waals surface area contributed by atoms with Gasteiger partial charge in [-0.15, -0.1) is 0 Å². The first kappa shape index (κ1) is 6.15. The number of hydrogen-bond acceptors (Lipinski definition) is 4. The van der Waals surface area contributed by atoms with Crippen LogP contribution in [0.5, 0.6) is 0 Å². The minimum atomic E-state index is -1.49. The van der Waals surface area contributed by atoms with Crippen molar-refractivity contribution in [1.29, 1.82) is 0 Å². The van der Waals surface area contributed by atoms with Crippen LogP contribution in [0.2, 0.25) is 0 Å². The van der Waals surface area contributed by atoms with Gasteiger partial charge in [0.25, 0.3) is 0 Å². The van der Waals surface area contributed by atoms with Crippen molar-refractivity contribution in [1.82, 2.24) is 0 Å². The van der Waals surface area contributed by atoms with Crippen LogP contribution in [0.25, 0.3) is 5.53 Å². The molecule has 0 bridgehead atoms. The van der Waals surface area contributed by atoms with Gasteiger partial charge in [-0.3, -0.25) is 5.73 Å². The van der Waals surface area contributed by atoms with Crippen LogP contribution < -0.4 is 5.73 Å². The Morgan fingerprint density at radius 3 is 2.78 bits per heavy atom. The Balaban J connectivity index is 2.78. The molecule has 2 N–H and O–H groups in total. The lowest BCUT2D eigenvalue weighted by Crippen LogP contribution is -2.41. The van der Waals surface area contributed by atoms with Gasteiger partial charge in [-0.2, -0.15) is 0 Å². The number of nitrogens with two attached hydrogens (primary N) is 1. The lowest BCUT2D eigenvalue weighted by atomic mass is 10.2. The molecule has 1 fully saturated rings. The summed E-state index contributed by atoms with van der Waals surface area (Å²) in [5.74, 6) is -0.662. The van der Waals surface area contributed by atoms with Crippen LogP contribution >= 0.6 is 0 Å². The van der Waals surface area contributed by atoms with E-state index in [2.05, 4.69) is 9.85 Å². The van der Waals surface area contributed by atoms with Gasteiger partial charge < -0.3 is 15.4 Å². The van der Waals surface area contributed by atoms with Crippen molar-refractivity contribution >= 4 is 5.97 Å². The van der Waals surface area contributed by atoms with Crippen LogP contribution in [0.4, 0.5) is 0 Å². The van der Waals surface area contributed by atoms with E-state index in [1.807, 2.05) is 0 Å². The molecule has 0 aromatic heterocycles. The number of nitrogens with zero attached hydrogens (tertiary/aromatic N) is 2. The summed E-state index contributed by atoms with van der Waals surface area (Å²) in [4.78, 5) is 10.5. The third-order valence-electron chi connectivity index (χ3n) is 1.25. The molecule has 1 rings (SSSR count). The number of rotatable bonds is 1. The summed E-state index contributed by atoms with van der Waals surface area (Å²) in [6.45, 7) is 0.236. The van der Waals surface area contributed by atoms with E-state index in [1.165, 1.54) is 0 Å². The van der Waals surface area contributed by atoms with E-state index >= 15 is 0 Å². The highest BCUT2D eigenvalue weighted by molar-refractivity contribution is 5.81. The number of hydrogen-bond donors (Lipinski definition) is 1. The molecule has 1 aliphatic heterocycles. The standard InChI is InChI=1S/C4H6N3O2/c5-4(7-6)1-2-9-3(4)8/h1-2,5H2/q-1. The van der Waals surface area contributed by atoms with Gasteiger partial charge >= 0.3 is 5.97 Å². The van der Waals surface area contributed by atoms with Crippen LogP contribution in [-0.2, 0) is 9.53 Å². The summed E-state index contributed by atoms with van der Waals surface area (Å²) in [7, 11) is 0. The molecule has 1 aliphatic rings. The number of carbonyl (C=O) groups excluding carboxylic acids is 1.